The number of nitrogens with zero attached hydrogens (tertiary/aromatic N) is 1. The van der Waals surface area contributed by atoms with Crippen molar-refractivity contribution in [2.45, 2.75) is 5.92 Å². The number of aliphatic imine (C=N–C) groups is 1. The van der Waals surface area contributed by atoms with Gasteiger partial charge in [0.2, 0.25) is 0 Å². The summed E-state index contributed by atoms with van der Waals surface area (Å²) in [6.07, 6.45) is 10.5. The van der Waals surface area contributed by atoms with Crippen LogP contribution in [0.25, 0.3) is 0 Å². The fourth-order valence-electron chi connectivity index (χ4n) is 2.61. The molecule has 2 atom stereocenters. The fraction of sp³-hybridized carbons (Fsp3) is 0.188. The van der Waals surface area contributed by atoms with Crippen molar-refractivity contribution >= 4 is 5.71 Å². The summed E-state index contributed by atoms with van der Waals surface area (Å²) in [5.74, 6) is 0.719. The zero-order valence-electron chi connectivity index (χ0n) is 10.4. The van der Waals surface area contributed by atoms with E-state index in [1.807, 2.05) is 13.2 Å². The second-order valence-corrected chi connectivity index (χ2v) is 4.53. The minimum atomic E-state index is 0.338. The van der Waals surface area contributed by atoms with Crippen LogP contribution in [0.2, 0.25) is 0 Å². The smallest absolute Gasteiger partial charge is 0.0712 e. The summed E-state index contributed by atoms with van der Waals surface area (Å²) in [4.78, 5) is 4.53. The van der Waals surface area contributed by atoms with Crippen LogP contribution in [-0.4, -0.2) is 12.8 Å². The van der Waals surface area contributed by atoms with Gasteiger partial charge >= 0.3 is 0 Å². The second kappa shape index (κ2) is 4.65. The molecule has 1 heterocycles. The quantitative estimate of drug-likeness (QED) is 0.838. The molecule has 0 aromatic heterocycles. The minimum Gasteiger partial charge on any atom is -0.387 e. The largest absolute Gasteiger partial charge is 0.387 e. The Morgan fingerprint density at radius 3 is 2.67 bits per heavy atom. The maximum Gasteiger partial charge on any atom is 0.0712 e. The van der Waals surface area contributed by atoms with Crippen LogP contribution in [0.15, 0.2) is 71.5 Å². The van der Waals surface area contributed by atoms with E-state index in [0.717, 1.165) is 11.4 Å². The van der Waals surface area contributed by atoms with E-state index >= 15 is 0 Å². The van der Waals surface area contributed by atoms with Gasteiger partial charge in [-0.3, -0.25) is 4.99 Å². The Kier molecular flexibility index (Phi) is 2.85. The molecule has 1 N–H and O–H groups in total. The molecule has 3 rings (SSSR count). The van der Waals surface area contributed by atoms with E-state index in [1.165, 1.54) is 5.56 Å². The lowest BCUT2D eigenvalue weighted by atomic mass is 9.78. The van der Waals surface area contributed by atoms with Crippen molar-refractivity contribution in [2.75, 3.05) is 7.05 Å². The number of rotatable bonds is 2. The van der Waals surface area contributed by atoms with Crippen molar-refractivity contribution in [2.24, 2.45) is 10.9 Å². The van der Waals surface area contributed by atoms with E-state index in [4.69, 9.17) is 0 Å². The van der Waals surface area contributed by atoms with Crippen LogP contribution in [-0.2, 0) is 0 Å². The van der Waals surface area contributed by atoms with Gasteiger partial charge in [-0.1, -0.05) is 48.6 Å². The number of hydrogen-bond donors (Lipinski definition) is 1. The first kappa shape index (κ1) is 11.0. The highest BCUT2D eigenvalue weighted by Gasteiger charge is 2.28. The summed E-state index contributed by atoms with van der Waals surface area (Å²) in [6.45, 7) is 0. The molecule has 2 heteroatoms. The van der Waals surface area contributed by atoms with Crippen molar-refractivity contribution in [3.63, 3.8) is 0 Å². The molecule has 18 heavy (non-hydrogen) atoms. The zero-order valence-corrected chi connectivity index (χ0v) is 10.4. The van der Waals surface area contributed by atoms with Crippen LogP contribution in [0.4, 0.5) is 0 Å². The van der Waals surface area contributed by atoms with Crippen LogP contribution < -0.4 is 5.32 Å². The summed E-state index contributed by atoms with van der Waals surface area (Å²) < 4.78 is 0. The average Bonchev–Trinajstić information content (AvgIpc) is 2.47. The highest BCUT2D eigenvalue weighted by atomic mass is 14.9. The summed E-state index contributed by atoms with van der Waals surface area (Å²) in [5.41, 5.74) is 3.59. The van der Waals surface area contributed by atoms with Gasteiger partial charge in [-0.15, -0.1) is 0 Å². The van der Waals surface area contributed by atoms with Crippen LogP contribution in [0.1, 0.15) is 11.5 Å². The van der Waals surface area contributed by atoms with Crippen LogP contribution in [0, 0.1) is 5.92 Å². The molecule has 1 aromatic rings. The number of nitrogens with one attached hydrogen (secondary N) is 1. The van der Waals surface area contributed by atoms with Crippen LogP contribution in [0.3, 0.4) is 0 Å². The number of hydrogen-bond acceptors (Lipinski definition) is 2. The van der Waals surface area contributed by atoms with E-state index in [9.17, 15) is 0 Å². The summed E-state index contributed by atoms with van der Waals surface area (Å²) in [6, 6.07) is 10.6. The minimum absolute atomic E-state index is 0.338. The molecule has 0 saturated carbocycles. The van der Waals surface area contributed by atoms with Crippen molar-refractivity contribution in [1.82, 2.24) is 5.32 Å². The normalized spacial score (nSPS) is 25.2. The highest BCUT2D eigenvalue weighted by Crippen LogP contribution is 2.34. The van der Waals surface area contributed by atoms with Gasteiger partial charge < -0.3 is 5.32 Å². The molecule has 2 unspecified atom stereocenters. The standard InChI is InChI=1S/C16H16N2/c1-17-15-9-5-8-14-13(10-11-18-16(14)15)12-6-3-2-4-7-12/h2-11,13-14,17H,1H3. The van der Waals surface area contributed by atoms with Crippen molar-refractivity contribution in [1.29, 1.82) is 0 Å². The average molecular weight is 236 g/mol. The Morgan fingerprint density at radius 1 is 1.06 bits per heavy atom. The number of fused-ring (bicyclic) bond motifs is 1. The molecule has 0 amide bonds. The van der Waals surface area contributed by atoms with Crippen LogP contribution >= 0.6 is 0 Å². The maximum atomic E-state index is 4.53. The Morgan fingerprint density at radius 2 is 1.89 bits per heavy atom. The van der Waals surface area contributed by atoms with Gasteiger partial charge in [-0.2, -0.15) is 0 Å². The number of allylic oxidation sites excluding steroid dienone is 5. The molecular weight excluding hydrogens is 220 g/mol. The topological polar surface area (TPSA) is 24.4 Å². The third kappa shape index (κ3) is 1.80. The lowest BCUT2D eigenvalue weighted by Crippen LogP contribution is -2.30. The van der Waals surface area contributed by atoms with Gasteiger partial charge in [0.25, 0.3) is 0 Å². The van der Waals surface area contributed by atoms with Gasteiger partial charge in [0, 0.05) is 25.1 Å². The predicted molar refractivity (Wildman–Crippen MR) is 75.5 cm³/mol. The van der Waals surface area contributed by atoms with Gasteiger partial charge in [-0.25, -0.2) is 0 Å². The monoisotopic (exact) mass is 236 g/mol. The SMILES string of the molecule is CNC1=CC=CC2C1=NC=CC2c1ccccc1. The van der Waals surface area contributed by atoms with Gasteiger partial charge in [0.15, 0.2) is 0 Å². The van der Waals surface area contributed by atoms with Gasteiger partial charge in [0.1, 0.15) is 0 Å². The Bertz CT molecular complexity index is 550. The molecule has 1 aliphatic carbocycles. The highest BCUT2D eigenvalue weighted by molar-refractivity contribution is 6.05. The molecule has 0 spiro atoms. The summed E-state index contributed by atoms with van der Waals surface area (Å²) in [7, 11) is 1.94. The molecular formula is C16H16N2. The first-order valence-electron chi connectivity index (χ1n) is 6.26. The zero-order chi connectivity index (χ0) is 12.4. The van der Waals surface area contributed by atoms with Crippen LogP contribution in [0.5, 0.6) is 0 Å². The maximum absolute atomic E-state index is 4.53. The molecule has 1 aliphatic heterocycles. The molecule has 0 saturated heterocycles. The fourth-order valence-corrected chi connectivity index (χ4v) is 2.61. The van der Waals surface area contributed by atoms with E-state index in [0.29, 0.717) is 11.8 Å². The molecule has 0 bridgehead atoms. The Hall–Kier alpha value is -2.09. The van der Waals surface area contributed by atoms with Crippen molar-refractivity contribution in [3.05, 3.63) is 72.1 Å². The molecule has 1 aromatic carbocycles. The van der Waals surface area contributed by atoms with Crippen molar-refractivity contribution in [3.8, 4) is 0 Å². The lowest BCUT2D eigenvalue weighted by molar-refractivity contribution is 0.720. The van der Waals surface area contributed by atoms with E-state index in [1.54, 1.807) is 0 Å². The first-order valence-corrected chi connectivity index (χ1v) is 6.26. The predicted octanol–water partition coefficient (Wildman–Crippen LogP) is 3.03. The Labute approximate surface area is 107 Å². The third-order valence-corrected chi connectivity index (χ3v) is 3.52. The van der Waals surface area contributed by atoms with E-state index in [2.05, 4.69) is 64.9 Å². The molecule has 0 fully saturated rings. The molecule has 0 radical (unpaired) electrons. The number of benzene rings is 1. The first-order chi connectivity index (χ1) is 8.90. The van der Waals surface area contributed by atoms with Crippen molar-refractivity contribution < 1.29 is 0 Å². The lowest BCUT2D eigenvalue weighted by Gasteiger charge is -2.29. The third-order valence-electron chi connectivity index (χ3n) is 3.52. The molecule has 90 valence electrons. The van der Waals surface area contributed by atoms with E-state index in [-0.39, 0.29) is 0 Å². The molecule has 2 nitrogen and oxygen atoms in total. The van der Waals surface area contributed by atoms with E-state index < -0.39 is 0 Å². The second-order valence-electron chi connectivity index (χ2n) is 4.53. The summed E-state index contributed by atoms with van der Waals surface area (Å²) >= 11 is 0. The van der Waals surface area contributed by atoms with Gasteiger partial charge in [-0.05, 0) is 11.6 Å². The molecule has 2 aliphatic rings. The Balaban J connectivity index is 1.98. The summed E-state index contributed by atoms with van der Waals surface area (Å²) in [5, 5.41) is 3.22. The van der Waals surface area contributed by atoms with Gasteiger partial charge in [0.05, 0.1) is 11.4 Å².